The normalized spacial score (nSPS) is 21.6. The third-order valence-electron chi connectivity index (χ3n) is 4.07. The van der Waals surface area contributed by atoms with Crippen molar-refractivity contribution in [1.82, 2.24) is 4.98 Å². The Morgan fingerprint density at radius 1 is 1.38 bits per heavy atom. The van der Waals surface area contributed by atoms with Crippen LogP contribution in [0.5, 0.6) is 0 Å². The van der Waals surface area contributed by atoms with E-state index in [1.165, 1.54) is 0 Å². The molecule has 1 fully saturated rings. The van der Waals surface area contributed by atoms with Crippen molar-refractivity contribution in [2.75, 3.05) is 12.4 Å². The third-order valence-corrected chi connectivity index (χ3v) is 4.29. The van der Waals surface area contributed by atoms with E-state index in [9.17, 15) is 0 Å². The molecule has 1 aromatic carbocycles. The van der Waals surface area contributed by atoms with Gasteiger partial charge in [0.2, 0.25) is 0 Å². The molecular weight excluding hydrogens is 282 g/mol. The quantitative estimate of drug-likeness (QED) is 0.850. The maximum absolute atomic E-state index is 5.87. The van der Waals surface area contributed by atoms with Crippen molar-refractivity contribution in [2.45, 2.75) is 31.4 Å². The lowest BCUT2D eigenvalue weighted by molar-refractivity contribution is 0.101. The summed E-state index contributed by atoms with van der Waals surface area (Å²) in [5, 5.41) is 4.52. The Morgan fingerprint density at radius 3 is 2.95 bits per heavy atom. The number of pyridine rings is 1. The lowest BCUT2D eigenvalue weighted by Gasteiger charge is -2.22. The summed E-state index contributed by atoms with van der Waals surface area (Å²) in [5.41, 5.74) is 7.60. The highest BCUT2D eigenvalue weighted by Crippen LogP contribution is 2.27. The molecular formula is C16H19N3OS. The second-order valence-corrected chi connectivity index (χ2v) is 5.84. The summed E-state index contributed by atoms with van der Waals surface area (Å²) in [4.78, 5) is 5.06. The van der Waals surface area contributed by atoms with Crippen molar-refractivity contribution in [2.24, 2.45) is 5.73 Å². The second kappa shape index (κ2) is 5.95. The number of hydrogen-bond acceptors (Lipinski definition) is 4. The summed E-state index contributed by atoms with van der Waals surface area (Å²) >= 11 is 5.18. The molecule has 2 unspecified atom stereocenters. The molecule has 21 heavy (non-hydrogen) atoms. The molecule has 5 heteroatoms. The highest BCUT2D eigenvalue weighted by molar-refractivity contribution is 7.80. The number of para-hydroxylation sites is 1. The van der Waals surface area contributed by atoms with E-state index in [4.69, 9.17) is 27.7 Å². The van der Waals surface area contributed by atoms with E-state index < -0.39 is 0 Å². The van der Waals surface area contributed by atoms with Crippen LogP contribution in [0.4, 0.5) is 5.82 Å². The number of hydrogen-bond donors (Lipinski definition) is 2. The smallest absolute Gasteiger partial charge is 0.137 e. The monoisotopic (exact) mass is 301 g/mol. The topological polar surface area (TPSA) is 60.2 Å². The van der Waals surface area contributed by atoms with Gasteiger partial charge in [-0.15, -0.1) is 0 Å². The Hall–Kier alpha value is -1.72. The maximum Gasteiger partial charge on any atom is 0.137 e. The van der Waals surface area contributed by atoms with E-state index in [1.54, 1.807) is 7.11 Å². The summed E-state index contributed by atoms with van der Waals surface area (Å²) in [6.45, 7) is 0. The van der Waals surface area contributed by atoms with Gasteiger partial charge < -0.3 is 15.8 Å². The van der Waals surface area contributed by atoms with Crippen molar-refractivity contribution in [1.29, 1.82) is 0 Å². The van der Waals surface area contributed by atoms with Crippen LogP contribution in [0.1, 0.15) is 24.8 Å². The minimum Gasteiger partial charge on any atom is -0.389 e. The van der Waals surface area contributed by atoms with Crippen LogP contribution < -0.4 is 11.1 Å². The first-order valence-corrected chi connectivity index (χ1v) is 7.59. The third kappa shape index (κ3) is 2.84. The Kier molecular flexibility index (Phi) is 4.03. The largest absolute Gasteiger partial charge is 0.389 e. The van der Waals surface area contributed by atoms with Gasteiger partial charge in [-0.25, -0.2) is 4.98 Å². The van der Waals surface area contributed by atoms with Gasteiger partial charge in [-0.2, -0.15) is 0 Å². The van der Waals surface area contributed by atoms with E-state index in [0.29, 0.717) is 4.99 Å². The minimum atomic E-state index is 0.220. The van der Waals surface area contributed by atoms with E-state index in [2.05, 4.69) is 5.32 Å². The van der Waals surface area contributed by atoms with Crippen molar-refractivity contribution in [3.8, 4) is 0 Å². The Labute approximate surface area is 129 Å². The zero-order chi connectivity index (χ0) is 14.8. The van der Waals surface area contributed by atoms with Gasteiger partial charge in [-0.1, -0.05) is 30.4 Å². The zero-order valence-electron chi connectivity index (χ0n) is 12.0. The van der Waals surface area contributed by atoms with E-state index in [-0.39, 0.29) is 12.1 Å². The first-order chi connectivity index (χ1) is 10.2. The van der Waals surface area contributed by atoms with Crippen molar-refractivity contribution in [3.05, 3.63) is 35.9 Å². The van der Waals surface area contributed by atoms with Gasteiger partial charge >= 0.3 is 0 Å². The van der Waals surface area contributed by atoms with Crippen molar-refractivity contribution >= 4 is 33.9 Å². The Balaban J connectivity index is 1.99. The number of nitrogens with zero attached hydrogens (tertiary/aromatic N) is 1. The predicted molar refractivity (Wildman–Crippen MR) is 89.7 cm³/mol. The number of rotatable bonds is 4. The molecule has 0 saturated heterocycles. The molecule has 1 aromatic heterocycles. The maximum atomic E-state index is 5.87. The zero-order valence-corrected chi connectivity index (χ0v) is 12.8. The molecule has 2 atom stereocenters. The molecule has 4 nitrogen and oxygen atoms in total. The number of anilines is 1. The Bertz CT molecular complexity index is 674. The van der Waals surface area contributed by atoms with Gasteiger partial charge in [0.05, 0.1) is 23.2 Å². The number of nitrogens with two attached hydrogens (primary N) is 1. The van der Waals surface area contributed by atoms with Crippen molar-refractivity contribution in [3.63, 3.8) is 0 Å². The van der Waals surface area contributed by atoms with Gasteiger partial charge in [0, 0.05) is 12.5 Å². The summed E-state index contributed by atoms with van der Waals surface area (Å²) in [6, 6.07) is 10.2. The fraction of sp³-hybridized carbons (Fsp3) is 0.375. The number of benzene rings is 1. The molecule has 0 amide bonds. The number of thiocarbonyl (C=S) groups is 1. The average molecular weight is 301 g/mol. The van der Waals surface area contributed by atoms with Crippen LogP contribution in [0.25, 0.3) is 10.9 Å². The first kappa shape index (κ1) is 14.2. The predicted octanol–water partition coefficient (Wildman–Crippen LogP) is 2.85. The summed E-state index contributed by atoms with van der Waals surface area (Å²) in [7, 11) is 1.76. The molecule has 3 N–H and O–H groups in total. The van der Waals surface area contributed by atoms with Crippen LogP contribution in [-0.2, 0) is 4.74 Å². The molecule has 0 aliphatic heterocycles. The van der Waals surface area contributed by atoms with Gasteiger partial charge in [-0.3, -0.25) is 0 Å². The number of ether oxygens (including phenoxy) is 1. The molecule has 0 bridgehead atoms. The molecule has 110 valence electrons. The molecule has 3 rings (SSSR count). The number of methoxy groups -OCH3 is 1. The van der Waals surface area contributed by atoms with Gasteiger partial charge in [0.1, 0.15) is 10.8 Å². The lowest BCUT2D eigenvalue weighted by Crippen LogP contribution is -2.31. The number of nitrogens with one attached hydrogen (secondary N) is 1. The summed E-state index contributed by atoms with van der Waals surface area (Å²) < 4.78 is 5.53. The molecule has 0 radical (unpaired) electrons. The van der Waals surface area contributed by atoms with Crippen LogP contribution in [-0.4, -0.2) is 29.2 Å². The van der Waals surface area contributed by atoms with Crippen LogP contribution in [0.2, 0.25) is 0 Å². The lowest BCUT2D eigenvalue weighted by atomic mass is 10.1. The van der Waals surface area contributed by atoms with Crippen LogP contribution in [0, 0.1) is 0 Å². The molecule has 1 saturated carbocycles. The minimum absolute atomic E-state index is 0.220. The highest BCUT2D eigenvalue weighted by Gasteiger charge is 2.28. The first-order valence-electron chi connectivity index (χ1n) is 7.18. The van der Waals surface area contributed by atoms with Crippen molar-refractivity contribution < 1.29 is 4.74 Å². The number of aromatic nitrogens is 1. The standard InChI is InChI=1S/C16H19N3OS/c1-20-14-8-4-7-13(14)19-16-11(15(17)21)9-10-5-2-3-6-12(10)18-16/h2-3,5-6,9,13-14H,4,7-8H2,1H3,(H2,17,21)(H,18,19). The van der Waals surface area contributed by atoms with Crippen LogP contribution in [0.3, 0.4) is 0 Å². The second-order valence-electron chi connectivity index (χ2n) is 5.40. The van der Waals surface area contributed by atoms with E-state index >= 15 is 0 Å². The molecule has 1 heterocycles. The van der Waals surface area contributed by atoms with E-state index in [0.717, 1.165) is 41.5 Å². The summed E-state index contributed by atoms with van der Waals surface area (Å²) in [6.07, 6.45) is 3.53. The number of fused-ring (bicyclic) bond motifs is 1. The van der Waals surface area contributed by atoms with Crippen LogP contribution >= 0.6 is 12.2 Å². The fourth-order valence-corrected chi connectivity index (χ4v) is 3.12. The van der Waals surface area contributed by atoms with E-state index in [1.807, 2.05) is 30.3 Å². The fourth-order valence-electron chi connectivity index (χ4n) is 2.96. The molecule has 2 aromatic rings. The Morgan fingerprint density at radius 2 is 2.19 bits per heavy atom. The van der Waals surface area contributed by atoms with Gasteiger partial charge in [0.15, 0.2) is 0 Å². The SMILES string of the molecule is COC1CCCC1Nc1nc2ccccc2cc1C(N)=S. The average Bonchev–Trinajstić information content (AvgIpc) is 2.93. The highest BCUT2D eigenvalue weighted by atomic mass is 32.1. The van der Waals surface area contributed by atoms with Gasteiger partial charge in [0.25, 0.3) is 0 Å². The summed E-state index contributed by atoms with van der Waals surface area (Å²) in [5.74, 6) is 0.759. The molecule has 1 aliphatic carbocycles. The van der Waals surface area contributed by atoms with Gasteiger partial charge in [-0.05, 0) is 31.4 Å². The van der Waals surface area contributed by atoms with Crippen LogP contribution in [0.15, 0.2) is 30.3 Å². The molecule has 0 spiro atoms. The molecule has 1 aliphatic rings.